The lowest BCUT2D eigenvalue weighted by Crippen LogP contribution is -2.42. The SMILES string of the molecule is CCOC(=O)CN(Cc1ccccc1)C1CCOCC1. The van der Waals surface area contributed by atoms with Crippen LogP contribution in [0.1, 0.15) is 25.3 Å². The minimum atomic E-state index is -0.144. The molecule has 0 aromatic heterocycles. The normalized spacial score (nSPS) is 16.3. The fourth-order valence-corrected chi connectivity index (χ4v) is 2.55. The van der Waals surface area contributed by atoms with Gasteiger partial charge >= 0.3 is 5.97 Å². The zero-order valence-corrected chi connectivity index (χ0v) is 12.1. The van der Waals surface area contributed by atoms with Crippen LogP contribution in [-0.4, -0.2) is 43.3 Å². The number of ether oxygens (including phenoxy) is 2. The number of nitrogens with zero attached hydrogens (tertiary/aromatic N) is 1. The summed E-state index contributed by atoms with van der Waals surface area (Å²) in [4.78, 5) is 14.0. The molecule has 4 heteroatoms. The molecule has 2 rings (SSSR count). The highest BCUT2D eigenvalue weighted by Crippen LogP contribution is 2.17. The van der Waals surface area contributed by atoms with E-state index in [0.717, 1.165) is 32.6 Å². The average molecular weight is 277 g/mol. The molecule has 1 aromatic carbocycles. The van der Waals surface area contributed by atoms with E-state index in [0.29, 0.717) is 19.2 Å². The third-order valence-electron chi connectivity index (χ3n) is 3.57. The van der Waals surface area contributed by atoms with E-state index < -0.39 is 0 Å². The number of hydrogen-bond acceptors (Lipinski definition) is 4. The van der Waals surface area contributed by atoms with E-state index in [1.165, 1.54) is 5.56 Å². The van der Waals surface area contributed by atoms with E-state index in [4.69, 9.17) is 9.47 Å². The Balaban J connectivity index is 2.00. The summed E-state index contributed by atoms with van der Waals surface area (Å²) in [6.45, 7) is 4.97. The number of esters is 1. The van der Waals surface area contributed by atoms with Crippen LogP contribution >= 0.6 is 0 Å². The van der Waals surface area contributed by atoms with Gasteiger partial charge in [-0.2, -0.15) is 0 Å². The predicted octanol–water partition coefficient (Wildman–Crippen LogP) is 2.23. The van der Waals surface area contributed by atoms with Crippen LogP contribution in [0.25, 0.3) is 0 Å². The van der Waals surface area contributed by atoms with Gasteiger partial charge in [-0.05, 0) is 25.3 Å². The van der Waals surface area contributed by atoms with Crippen LogP contribution in [-0.2, 0) is 20.8 Å². The lowest BCUT2D eigenvalue weighted by molar-refractivity contribution is -0.145. The van der Waals surface area contributed by atoms with Gasteiger partial charge in [-0.15, -0.1) is 0 Å². The molecule has 1 aliphatic rings. The first kappa shape index (κ1) is 15.0. The molecule has 0 spiro atoms. The Labute approximate surface area is 120 Å². The highest BCUT2D eigenvalue weighted by Gasteiger charge is 2.24. The second-order valence-electron chi connectivity index (χ2n) is 5.04. The predicted molar refractivity (Wildman–Crippen MR) is 77.3 cm³/mol. The molecule has 20 heavy (non-hydrogen) atoms. The second-order valence-corrected chi connectivity index (χ2v) is 5.04. The maximum absolute atomic E-state index is 11.8. The third-order valence-corrected chi connectivity index (χ3v) is 3.57. The van der Waals surface area contributed by atoms with Crippen molar-refractivity contribution in [2.45, 2.75) is 32.4 Å². The summed E-state index contributed by atoms with van der Waals surface area (Å²) >= 11 is 0. The molecule has 0 saturated carbocycles. The summed E-state index contributed by atoms with van der Waals surface area (Å²) in [6, 6.07) is 10.7. The molecule has 1 aromatic rings. The topological polar surface area (TPSA) is 38.8 Å². The lowest BCUT2D eigenvalue weighted by Gasteiger charge is -2.33. The van der Waals surface area contributed by atoms with Crippen LogP contribution in [0, 0.1) is 0 Å². The van der Waals surface area contributed by atoms with Gasteiger partial charge in [0.15, 0.2) is 0 Å². The first-order chi connectivity index (χ1) is 9.79. The number of hydrogen-bond donors (Lipinski definition) is 0. The summed E-state index contributed by atoms with van der Waals surface area (Å²) in [5, 5.41) is 0. The molecular formula is C16H23NO3. The Morgan fingerprint density at radius 2 is 2.00 bits per heavy atom. The Hall–Kier alpha value is -1.39. The minimum Gasteiger partial charge on any atom is -0.465 e. The number of benzene rings is 1. The van der Waals surface area contributed by atoms with E-state index in [-0.39, 0.29) is 5.97 Å². The minimum absolute atomic E-state index is 0.144. The van der Waals surface area contributed by atoms with E-state index in [9.17, 15) is 4.79 Å². The molecule has 0 N–H and O–H groups in total. The molecule has 0 radical (unpaired) electrons. The molecule has 1 aliphatic heterocycles. The van der Waals surface area contributed by atoms with Gasteiger partial charge in [-0.1, -0.05) is 30.3 Å². The largest absolute Gasteiger partial charge is 0.465 e. The van der Waals surface area contributed by atoms with Gasteiger partial charge in [0.2, 0.25) is 0 Å². The van der Waals surface area contributed by atoms with E-state index >= 15 is 0 Å². The maximum Gasteiger partial charge on any atom is 0.320 e. The third kappa shape index (κ3) is 4.62. The van der Waals surface area contributed by atoms with Crippen LogP contribution in [0.4, 0.5) is 0 Å². The van der Waals surface area contributed by atoms with Crippen LogP contribution in [0.2, 0.25) is 0 Å². The van der Waals surface area contributed by atoms with Crippen LogP contribution in [0.15, 0.2) is 30.3 Å². The van der Waals surface area contributed by atoms with Gasteiger partial charge < -0.3 is 9.47 Å². The monoisotopic (exact) mass is 277 g/mol. The first-order valence-corrected chi connectivity index (χ1v) is 7.31. The van der Waals surface area contributed by atoms with Gasteiger partial charge in [-0.3, -0.25) is 9.69 Å². The highest BCUT2D eigenvalue weighted by molar-refractivity contribution is 5.71. The first-order valence-electron chi connectivity index (χ1n) is 7.31. The van der Waals surface area contributed by atoms with Crippen molar-refractivity contribution in [2.24, 2.45) is 0 Å². The molecular weight excluding hydrogens is 254 g/mol. The Kier molecular flexibility index (Phi) is 6.02. The number of carbonyl (C=O) groups is 1. The van der Waals surface area contributed by atoms with Crippen molar-refractivity contribution in [1.82, 2.24) is 4.90 Å². The van der Waals surface area contributed by atoms with E-state index in [1.807, 2.05) is 25.1 Å². The van der Waals surface area contributed by atoms with Crippen molar-refractivity contribution in [1.29, 1.82) is 0 Å². The molecule has 110 valence electrons. The van der Waals surface area contributed by atoms with Crippen molar-refractivity contribution in [2.75, 3.05) is 26.4 Å². The van der Waals surface area contributed by atoms with Crippen LogP contribution in [0.3, 0.4) is 0 Å². The molecule has 4 nitrogen and oxygen atoms in total. The smallest absolute Gasteiger partial charge is 0.320 e. The molecule has 1 fully saturated rings. The Morgan fingerprint density at radius 3 is 2.65 bits per heavy atom. The average Bonchev–Trinajstić information content (AvgIpc) is 2.49. The molecule has 1 heterocycles. The molecule has 1 saturated heterocycles. The van der Waals surface area contributed by atoms with Crippen molar-refractivity contribution in [3.05, 3.63) is 35.9 Å². The van der Waals surface area contributed by atoms with E-state index in [1.54, 1.807) is 0 Å². The molecule has 0 aliphatic carbocycles. The van der Waals surface area contributed by atoms with Crippen molar-refractivity contribution in [3.8, 4) is 0 Å². The molecule has 0 unspecified atom stereocenters. The summed E-state index contributed by atoms with van der Waals surface area (Å²) < 4.78 is 10.5. The van der Waals surface area contributed by atoms with Gasteiger partial charge in [0.05, 0.1) is 13.2 Å². The molecule has 0 atom stereocenters. The Morgan fingerprint density at radius 1 is 1.30 bits per heavy atom. The highest BCUT2D eigenvalue weighted by atomic mass is 16.5. The van der Waals surface area contributed by atoms with Gasteiger partial charge in [-0.25, -0.2) is 0 Å². The fraction of sp³-hybridized carbons (Fsp3) is 0.562. The quantitative estimate of drug-likeness (QED) is 0.747. The van der Waals surface area contributed by atoms with Crippen LogP contribution in [0.5, 0.6) is 0 Å². The summed E-state index contributed by atoms with van der Waals surface area (Å²) in [5.41, 5.74) is 1.23. The van der Waals surface area contributed by atoms with E-state index in [2.05, 4.69) is 17.0 Å². The van der Waals surface area contributed by atoms with Crippen molar-refractivity contribution < 1.29 is 14.3 Å². The van der Waals surface area contributed by atoms with Gasteiger partial charge in [0.25, 0.3) is 0 Å². The van der Waals surface area contributed by atoms with Crippen molar-refractivity contribution in [3.63, 3.8) is 0 Å². The van der Waals surface area contributed by atoms with Gasteiger partial charge in [0.1, 0.15) is 0 Å². The summed E-state index contributed by atoms with van der Waals surface area (Å²) in [5.74, 6) is -0.144. The second kappa shape index (κ2) is 8.02. The Bertz CT molecular complexity index is 401. The fourth-order valence-electron chi connectivity index (χ4n) is 2.55. The summed E-state index contributed by atoms with van der Waals surface area (Å²) in [7, 11) is 0. The van der Waals surface area contributed by atoms with Crippen molar-refractivity contribution >= 4 is 5.97 Å². The molecule has 0 bridgehead atoms. The zero-order chi connectivity index (χ0) is 14.2. The number of carbonyl (C=O) groups excluding carboxylic acids is 1. The standard InChI is InChI=1S/C16H23NO3/c1-2-20-16(18)13-17(15-8-10-19-11-9-15)12-14-6-4-3-5-7-14/h3-7,15H,2,8-13H2,1H3. The van der Waals surface area contributed by atoms with Crippen LogP contribution < -0.4 is 0 Å². The zero-order valence-electron chi connectivity index (χ0n) is 12.1. The summed E-state index contributed by atoms with van der Waals surface area (Å²) in [6.07, 6.45) is 1.96. The maximum atomic E-state index is 11.8. The van der Waals surface area contributed by atoms with Gasteiger partial charge in [0, 0.05) is 25.8 Å². The lowest BCUT2D eigenvalue weighted by atomic mass is 10.1. The number of rotatable bonds is 6. The molecule has 0 amide bonds.